The second-order valence-electron chi connectivity index (χ2n) is 5.73. The molecule has 3 aromatic rings. The first-order valence-electron chi connectivity index (χ1n) is 8.05. The van der Waals surface area contributed by atoms with Crippen molar-refractivity contribution in [2.24, 2.45) is 0 Å². The number of carbonyl (C=O) groups excluding carboxylic acids is 1. The van der Waals surface area contributed by atoms with E-state index >= 15 is 0 Å². The van der Waals surface area contributed by atoms with Gasteiger partial charge in [-0.05, 0) is 24.6 Å². The molecule has 1 heterocycles. The molecular weight excluding hydrogens is 362 g/mol. The average molecular weight is 380 g/mol. The molecule has 0 bridgehead atoms. The maximum atomic E-state index is 12.1. The van der Waals surface area contributed by atoms with Crippen LogP contribution in [0.2, 0.25) is 0 Å². The number of nitriles is 1. The number of carbonyl (C=O) groups is 1. The van der Waals surface area contributed by atoms with Crippen LogP contribution in [0.5, 0.6) is 0 Å². The van der Waals surface area contributed by atoms with Crippen LogP contribution < -0.4 is 5.32 Å². The largest absolute Gasteiger partial charge is 0.325 e. The van der Waals surface area contributed by atoms with E-state index in [0.29, 0.717) is 12.2 Å². The van der Waals surface area contributed by atoms with Gasteiger partial charge in [0.05, 0.1) is 23.9 Å². The minimum absolute atomic E-state index is 0.0740. The van der Waals surface area contributed by atoms with Gasteiger partial charge in [0.15, 0.2) is 4.34 Å². The summed E-state index contributed by atoms with van der Waals surface area (Å²) in [7, 11) is 0. The lowest BCUT2D eigenvalue weighted by Crippen LogP contribution is -2.13. The van der Waals surface area contributed by atoms with E-state index in [9.17, 15) is 4.79 Å². The molecule has 1 aromatic heterocycles. The van der Waals surface area contributed by atoms with Crippen LogP contribution in [0.4, 0.5) is 5.69 Å². The number of hydrogen-bond donors (Lipinski definition) is 1. The Hall–Kier alpha value is -2.62. The first-order chi connectivity index (χ1) is 12.6. The number of rotatable bonds is 6. The van der Waals surface area contributed by atoms with Crippen LogP contribution in [0.25, 0.3) is 11.3 Å². The SMILES string of the molecule is Cc1ccc(-c2csc(SCC(=O)Nc3ccc(CC#N)cc3)n2)cc1. The van der Waals surface area contributed by atoms with E-state index in [2.05, 4.69) is 47.6 Å². The Labute approximate surface area is 160 Å². The van der Waals surface area contributed by atoms with E-state index in [1.54, 1.807) is 11.3 Å². The third-order valence-corrected chi connectivity index (χ3v) is 5.70. The summed E-state index contributed by atoms with van der Waals surface area (Å²) >= 11 is 2.98. The maximum Gasteiger partial charge on any atom is 0.234 e. The minimum atomic E-state index is -0.0740. The summed E-state index contributed by atoms with van der Waals surface area (Å²) in [6.07, 6.45) is 0.372. The second-order valence-corrected chi connectivity index (χ2v) is 7.81. The number of thiazole rings is 1. The lowest BCUT2D eigenvalue weighted by molar-refractivity contribution is -0.113. The smallest absolute Gasteiger partial charge is 0.234 e. The molecule has 6 heteroatoms. The van der Waals surface area contributed by atoms with Crippen molar-refractivity contribution in [2.45, 2.75) is 17.7 Å². The van der Waals surface area contributed by atoms with E-state index in [4.69, 9.17) is 5.26 Å². The molecule has 0 spiro atoms. The minimum Gasteiger partial charge on any atom is -0.325 e. The molecule has 0 aliphatic rings. The topological polar surface area (TPSA) is 65.8 Å². The van der Waals surface area contributed by atoms with Crippen LogP contribution in [-0.2, 0) is 11.2 Å². The molecule has 3 rings (SSSR count). The number of thioether (sulfide) groups is 1. The molecular formula is C20H17N3OS2. The highest BCUT2D eigenvalue weighted by Crippen LogP contribution is 2.28. The molecule has 0 aliphatic heterocycles. The first-order valence-corrected chi connectivity index (χ1v) is 9.91. The predicted molar refractivity (Wildman–Crippen MR) is 107 cm³/mol. The molecule has 26 heavy (non-hydrogen) atoms. The third-order valence-electron chi connectivity index (χ3n) is 3.68. The van der Waals surface area contributed by atoms with Gasteiger partial charge in [-0.25, -0.2) is 4.98 Å². The Morgan fingerprint density at radius 2 is 1.92 bits per heavy atom. The molecule has 1 amide bonds. The van der Waals surface area contributed by atoms with Gasteiger partial charge < -0.3 is 5.32 Å². The zero-order valence-corrected chi connectivity index (χ0v) is 15.9. The highest BCUT2D eigenvalue weighted by atomic mass is 32.2. The lowest BCUT2D eigenvalue weighted by atomic mass is 10.1. The van der Waals surface area contributed by atoms with Crippen molar-refractivity contribution in [3.63, 3.8) is 0 Å². The number of aryl methyl sites for hydroxylation is 1. The highest BCUT2D eigenvalue weighted by Gasteiger charge is 2.08. The van der Waals surface area contributed by atoms with Gasteiger partial charge in [-0.15, -0.1) is 11.3 Å². The number of anilines is 1. The Morgan fingerprint density at radius 3 is 2.62 bits per heavy atom. The van der Waals surface area contributed by atoms with Crippen molar-refractivity contribution >= 4 is 34.7 Å². The van der Waals surface area contributed by atoms with Crippen molar-refractivity contribution in [1.82, 2.24) is 4.98 Å². The van der Waals surface area contributed by atoms with Gasteiger partial charge in [-0.1, -0.05) is 53.7 Å². The lowest BCUT2D eigenvalue weighted by Gasteiger charge is -2.04. The summed E-state index contributed by atoms with van der Waals surface area (Å²) in [6, 6.07) is 17.7. The third kappa shape index (κ3) is 4.94. The van der Waals surface area contributed by atoms with E-state index in [0.717, 1.165) is 26.8 Å². The second kappa shape index (κ2) is 8.65. The van der Waals surface area contributed by atoms with Crippen LogP contribution in [0.3, 0.4) is 0 Å². The van der Waals surface area contributed by atoms with Crippen molar-refractivity contribution in [3.8, 4) is 17.3 Å². The Bertz CT molecular complexity index is 925. The maximum absolute atomic E-state index is 12.1. The number of benzene rings is 2. The molecule has 0 radical (unpaired) electrons. The molecule has 0 aliphatic carbocycles. The standard InChI is InChI=1S/C20H17N3OS2/c1-14-2-6-16(7-3-14)18-12-25-20(23-18)26-13-19(24)22-17-8-4-15(5-9-17)10-11-21/h2-9,12H,10,13H2,1H3,(H,22,24). The van der Waals surface area contributed by atoms with Crippen molar-refractivity contribution in [3.05, 3.63) is 65.0 Å². The number of amides is 1. The Balaban J connectivity index is 1.53. The fraction of sp³-hybridized carbons (Fsp3) is 0.150. The summed E-state index contributed by atoms with van der Waals surface area (Å²) in [5, 5.41) is 13.5. The molecule has 0 saturated heterocycles. The normalized spacial score (nSPS) is 10.3. The summed E-state index contributed by atoms with van der Waals surface area (Å²) in [5.74, 6) is 0.232. The molecule has 0 saturated carbocycles. The predicted octanol–water partition coefficient (Wildman–Crippen LogP) is 4.92. The average Bonchev–Trinajstić information content (AvgIpc) is 3.11. The quantitative estimate of drug-likeness (QED) is 0.618. The van der Waals surface area contributed by atoms with Gasteiger partial charge in [-0.3, -0.25) is 4.79 Å². The van der Waals surface area contributed by atoms with Gasteiger partial charge in [0, 0.05) is 16.6 Å². The van der Waals surface area contributed by atoms with Crippen molar-refractivity contribution in [2.75, 3.05) is 11.1 Å². The zero-order chi connectivity index (χ0) is 18.4. The molecule has 130 valence electrons. The van der Waals surface area contributed by atoms with Gasteiger partial charge in [0.25, 0.3) is 0 Å². The molecule has 0 atom stereocenters. The van der Waals surface area contributed by atoms with Crippen LogP contribution in [0.15, 0.2) is 58.3 Å². The fourth-order valence-corrected chi connectivity index (χ4v) is 3.94. The molecule has 2 aromatic carbocycles. The van der Waals surface area contributed by atoms with Gasteiger partial charge in [-0.2, -0.15) is 5.26 Å². The van der Waals surface area contributed by atoms with E-state index in [-0.39, 0.29) is 5.91 Å². The Morgan fingerprint density at radius 1 is 1.19 bits per heavy atom. The van der Waals surface area contributed by atoms with Crippen LogP contribution in [0, 0.1) is 18.3 Å². The fourth-order valence-electron chi connectivity index (χ4n) is 2.30. The van der Waals surface area contributed by atoms with Gasteiger partial charge in [0.1, 0.15) is 0 Å². The Kier molecular flexibility index (Phi) is 6.05. The number of aromatic nitrogens is 1. The number of nitrogens with zero attached hydrogens (tertiary/aromatic N) is 2. The summed E-state index contributed by atoms with van der Waals surface area (Å²) in [6.45, 7) is 2.06. The summed E-state index contributed by atoms with van der Waals surface area (Å²) < 4.78 is 0.875. The first kappa shape index (κ1) is 18.2. The van der Waals surface area contributed by atoms with Crippen molar-refractivity contribution in [1.29, 1.82) is 5.26 Å². The zero-order valence-electron chi connectivity index (χ0n) is 14.2. The number of nitrogens with one attached hydrogen (secondary N) is 1. The van der Waals surface area contributed by atoms with E-state index in [1.165, 1.54) is 17.3 Å². The van der Waals surface area contributed by atoms with Gasteiger partial charge >= 0.3 is 0 Å². The summed E-state index contributed by atoms with van der Waals surface area (Å²) in [4.78, 5) is 16.7. The van der Waals surface area contributed by atoms with Gasteiger partial charge in [0.2, 0.25) is 5.91 Å². The van der Waals surface area contributed by atoms with Crippen LogP contribution in [0.1, 0.15) is 11.1 Å². The molecule has 0 unspecified atom stereocenters. The highest BCUT2D eigenvalue weighted by molar-refractivity contribution is 8.01. The van der Waals surface area contributed by atoms with Crippen LogP contribution >= 0.6 is 23.1 Å². The summed E-state index contributed by atoms with van der Waals surface area (Å²) in [5.41, 5.74) is 4.91. The molecule has 0 fully saturated rings. The van der Waals surface area contributed by atoms with E-state index < -0.39 is 0 Å². The van der Waals surface area contributed by atoms with Crippen LogP contribution in [-0.4, -0.2) is 16.6 Å². The monoisotopic (exact) mass is 379 g/mol. The molecule has 4 nitrogen and oxygen atoms in total. The molecule has 1 N–H and O–H groups in total. The number of hydrogen-bond acceptors (Lipinski definition) is 5. The van der Waals surface area contributed by atoms with Crippen molar-refractivity contribution < 1.29 is 4.79 Å². The van der Waals surface area contributed by atoms with E-state index in [1.807, 2.05) is 29.6 Å².